The topological polar surface area (TPSA) is 35.2 Å². The minimum Gasteiger partial charge on any atom is -0.381 e. The number of alkyl halides is 3. The molecule has 90 valence electrons. The van der Waals surface area contributed by atoms with Crippen molar-refractivity contribution in [3.8, 4) is 0 Å². The Morgan fingerprint density at radius 3 is 2.40 bits per heavy atom. The average Bonchev–Trinajstić information content (AvgIpc) is 2.17. The van der Waals surface area contributed by atoms with Crippen molar-refractivity contribution in [2.24, 2.45) is 11.7 Å². The van der Waals surface area contributed by atoms with Crippen LogP contribution in [0.15, 0.2) is 0 Å². The van der Waals surface area contributed by atoms with E-state index < -0.39 is 12.6 Å². The van der Waals surface area contributed by atoms with E-state index in [1.807, 2.05) is 0 Å². The normalized spacial score (nSPS) is 21.6. The van der Waals surface area contributed by atoms with Crippen LogP contribution >= 0.6 is 0 Å². The van der Waals surface area contributed by atoms with E-state index in [1.54, 1.807) is 0 Å². The first kappa shape index (κ1) is 12.8. The van der Waals surface area contributed by atoms with Crippen molar-refractivity contribution >= 4 is 0 Å². The van der Waals surface area contributed by atoms with E-state index in [2.05, 4.69) is 0 Å². The van der Waals surface area contributed by atoms with Gasteiger partial charge in [-0.05, 0) is 31.6 Å². The van der Waals surface area contributed by atoms with Gasteiger partial charge in [0.15, 0.2) is 0 Å². The number of hydrogen-bond donors (Lipinski definition) is 1. The van der Waals surface area contributed by atoms with Gasteiger partial charge in [0.25, 0.3) is 0 Å². The van der Waals surface area contributed by atoms with Crippen molar-refractivity contribution in [1.82, 2.24) is 0 Å². The molecule has 15 heavy (non-hydrogen) atoms. The van der Waals surface area contributed by atoms with Crippen molar-refractivity contribution in [3.63, 3.8) is 0 Å². The van der Waals surface area contributed by atoms with Crippen LogP contribution in [0.5, 0.6) is 0 Å². The van der Waals surface area contributed by atoms with Gasteiger partial charge in [0.2, 0.25) is 0 Å². The molecule has 1 unspecified atom stereocenters. The van der Waals surface area contributed by atoms with Crippen LogP contribution in [0, 0.1) is 5.92 Å². The van der Waals surface area contributed by atoms with E-state index in [0.717, 1.165) is 12.8 Å². The Hall–Kier alpha value is -0.290. The number of ether oxygens (including phenoxy) is 1. The highest BCUT2D eigenvalue weighted by molar-refractivity contribution is 4.75. The first-order valence-corrected chi connectivity index (χ1v) is 5.39. The third-order valence-electron chi connectivity index (χ3n) is 2.87. The van der Waals surface area contributed by atoms with Crippen LogP contribution in [0.2, 0.25) is 0 Å². The van der Waals surface area contributed by atoms with Crippen molar-refractivity contribution in [3.05, 3.63) is 0 Å². The van der Waals surface area contributed by atoms with Crippen molar-refractivity contribution in [2.75, 3.05) is 13.2 Å². The van der Waals surface area contributed by atoms with E-state index >= 15 is 0 Å². The molecule has 1 heterocycles. The SMILES string of the molecule is NC(CCCC(F)(F)F)C1CCOCC1. The van der Waals surface area contributed by atoms with Gasteiger partial charge in [0, 0.05) is 25.7 Å². The first-order chi connectivity index (χ1) is 6.99. The second-order valence-corrected chi connectivity index (χ2v) is 4.12. The zero-order valence-electron chi connectivity index (χ0n) is 8.72. The lowest BCUT2D eigenvalue weighted by atomic mass is 9.89. The molecule has 1 atom stereocenters. The summed E-state index contributed by atoms with van der Waals surface area (Å²) < 4.78 is 40.8. The molecular weight excluding hydrogens is 207 g/mol. The Labute approximate surface area is 88.0 Å². The molecule has 0 aliphatic carbocycles. The van der Waals surface area contributed by atoms with Gasteiger partial charge in [-0.15, -0.1) is 0 Å². The van der Waals surface area contributed by atoms with Gasteiger partial charge in [-0.2, -0.15) is 13.2 Å². The number of rotatable bonds is 4. The largest absolute Gasteiger partial charge is 0.389 e. The number of nitrogens with two attached hydrogens (primary N) is 1. The molecule has 2 N–H and O–H groups in total. The van der Waals surface area contributed by atoms with Crippen LogP contribution in [-0.4, -0.2) is 25.4 Å². The lowest BCUT2D eigenvalue weighted by molar-refractivity contribution is -0.136. The maximum atomic E-state index is 11.9. The minimum absolute atomic E-state index is 0.101. The van der Waals surface area contributed by atoms with Gasteiger partial charge in [-0.3, -0.25) is 0 Å². The monoisotopic (exact) mass is 225 g/mol. The standard InChI is InChI=1S/C10H18F3NO/c11-10(12,13)5-1-2-9(14)8-3-6-15-7-4-8/h8-9H,1-7,14H2. The first-order valence-electron chi connectivity index (χ1n) is 5.39. The van der Waals surface area contributed by atoms with E-state index in [4.69, 9.17) is 10.5 Å². The highest BCUT2D eigenvalue weighted by atomic mass is 19.4. The van der Waals surface area contributed by atoms with Crippen molar-refractivity contribution in [1.29, 1.82) is 0 Å². The molecule has 1 aliphatic heterocycles. The predicted octanol–water partition coefficient (Wildman–Crippen LogP) is 2.47. The fourth-order valence-electron chi connectivity index (χ4n) is 1.92. The Balaban J connectivity index is 2.14. The summed E-state index contributed by atoms with van der Waals surface area (Å²) in [6.45, 7) is 1.38. The van der Waals surface area contributed by atoms with Crippen molar-refractivity contribution in [2.45, 2.75) is 44.3 Å². The molecule has 0 aromatic carbocycles. The summed E-state index contributed by atoms with van der Waals surface area (Å²) in [4.78, 5) is 0. The summed E-state index contributed by atoms with van der Waals surface area (Å²) >= 11 is 0. The van der Waals surface area contributed by atoms with Gasteiger partial charge >= 0.3 is 6.18 Å². The highest BCUT2D eigenvalue weighted by Gasteiger charge is 2.27. The Bertz CT molecular complexity index is 178. The van der Waals surface area contributed by atoms with Gasteiger partial charge in [0.1, 0.15) is 0 Å². The third-order valence-corrected chi connectivity index (χ3v) is 2.87. The zero-order chi connectivity index (χ0) is 11.3. The highest BCUT2D eigenvalue weighted by Crippen LogP contribution is 2.25. The molecule has 2 nitrogen and oxygen atoms in total. The fourth-order valence-corrected chi connectivity index (χ4v) is 1.92. The molecule has 0 spiro atoms. The zero-order valence-corrected chi connectivity index (χ0v) is 8.72. The lowest BCUT2D eigenvalue weighted by Crippen LogP contribution is -2.34. The van der Waals surface area contributed by atoms with Crippen molar-refractivity contribution < 1.29 is 17.9 Å². The fraction of sp³-hybridized carbons (Fsp3) is 1.00. The molecule has 1 saturated heterocycles. The quantitative estimate of drug-likeness (QED) is 0.797. The average molecular weight is 225 g/mol. The maximum Gasteiger partial charge on any atom is 0.389 e. The van der Waals surface area contributed by atoms with Gasteiger partial charge in [0.05, 0.1) is 0 Å². The summed E-state index contributed by atoms with van der Waals surface area (Å²) in [5.41, 5.74) is 5.85. The maximum absolute atomic E-state index is 11.9. The Morgan fingerprint density at radius 2 is 1.87 bits per heavy atom. The van der Waals surface area contributed by atoms with E-state index in [0.29, 0.717) is 25.6 Å². The van der Waals surface area contributed by atoms with E-state index in [9.17, 15) is 13.2 Å². The summed E-state index contributed by atoms with van der Waals surface area (Å²) in [7, 11) is 0. The van der Waals surface area contributed by atoms with Crippen LogP contribution in [0.3, 0.4) is 0 Å². The molecule has 0 radical (unpaired) electrons. The Morgan fingerprint density at radius 1 is 1.27 bits per heavy atom. The minimum atomic E-state index is -4.05. The van der Waals surface area contributed by atoms with Crippen LogP contribution < -0.4 is 5.73 Å². The lowest BCUT2D eigenvalue weighted by Gasteiger charge is -2.27. The van der Waals surface area contributed by atoms with E-state index in [1.165, 1.54) is 0 Å². The molecular formula is C10H18F3NO. The second kappa shape index (κ2) is 5.70. The van der Waals surface area contributed by atoms with Crippen LogP contribution in [0.25, 0.3) is 0 Å². The molecule has 0 saturated carbocycles. The number of hydrogen-bond acceptors (Lipinski definition) is 2. The van der Waals surface area contributed by atoms with Crippen LogP contribution in [0.4, 0.5) is 13.2 Å². The molecule has 5 heteroatoms. The Kier molecular flexibility index (Phi) is 4.86. The summed E-state index contributed by atoms with van der Waals surface area (Å²) in [6, 6.07) is -0.101. The molecule has 0 amide bonds. The molecule has 0 bridgehead atoms. The second-order valence-electron chi connectivity index (χ2n) is 4.12. The summed E-state index contributed by atoms with van der Waals surface area (Å²) in [5.74, 6) is 0.340. The third kappa shape index (κ3) is 5.37. The van der Waals surface area contributed by atoms with E-state index in [-0.39, 0.29) is 12.5 Å². The molecule has 0 aromatic rings. The van der Waals surface area contributed by atoms with Gasteiger partial charge in [-0.1, -0.05) is 0 Å². The predicted molar refractivity (Wildman–Crippen MR) is 51.4 cm³/mol. The summed E-state index contributed by atoms with van der Waals surface area (Å²) in [6.07, 6.45) is -2.40. The number of halogens is 3. The smallest absolute Gasteiger partial charge is 0.381 e. The van der Waals surface area contributed by atoms with Gasteiger partial charge in [-0.25, -0.2) is 0 Å². The van der Waals surface area contributed by atoms with Crippen LogP contribution in [0.1, 0.15) is 32.1 Å². The van der Waals surface area contributed by atoms with Gasteiger partial charge < -0.3 is 10.5 Å². The molecule has 1 fully saturated rings. The summed E-state index contributed by atoms with van der Waals surface area (Å²) in [5, 5.41) is 0. The molecule has 1 rings (SSSR count). The molecule has 0 aromatic heterocycles. The van der Waals surface area contributed by atoms with Crippen LogP contribution in [-0.2, 0) is 4.74 Å². The molecule has 1 aliphatic rings.